The van der Waals surface area contributed by atoms with Crippen LogP contribution in [0.4, 0.5) is 4.39 Å². The smallest absolute Gasteiger partial charge is 0.123 e. The van der Waals surface area contributed by atoms with E-state index in [9.17, 15) is 4.39 Å². The van der Waals surface area contributed by atoms with Crippen molar-refractivity contribution in [1.29, 1.82) is 0 Å². The van der Waals surface area contributed by atoms with Crippen LogP contribution in [0.25, 0.3) is 0 Å². The largest absolute Gasteiger partial charge is 0.309 e. The SMILES string of the molecule is CC1(C)CN(Cc2cccc(F)c2)CCN1. The van der Waals surface area contributed by atoms with Crippen LogP contribution >= 0.6 is 0 Å². The molecule has 0 aliphatic carbocycles. The van der Waals surface area contributed by atoms with Gasteiger partial charge in [0.15, 0.2) is 0 Å². The van der Waals surface area contributed by atoms with E-state index in [2.05, 4.69) is 24.1 Å². The third-order valence-electron chi connectivity index (χ3n) is 2.95. The van der Waals surface area contributed by atoms with Gasteiger partial charge in [-0.15, -0.1) is 0 Å². The zero-order valence-corrected chi connectivity index (χ0v) is 9.96. The van der Waals surface area contributed by atoms with Gasteiger partial charge in [-0.2, -0.15) is 0 Å². The molecule has 1 fully saturated rings. The first-order chi connectivity index (χ1) is 7.55. The van der Waals surface area contributed by atoms with E-state index in [1.807, 2.05) is 6.07 Å². The van der Waals surface area contributed by atoms with Gasteiger partial charge in [-0.05, 0) is 31.5 Å². The summed E-state index contributed by atoms with van der Waals surface area (Å²) in [5.41, 5.74) is 1.21. The number of rotatable bonds is 2. The highest BCUT2D eigenvalue weighted by Crippen LogP contribution is 2.14. The van der Waals surface area contributed by atoms with Crippen molar-refractivity contribution in [1.82, 2.24) is 10.2 Å². The maximum Gasteiger partial charge on any atom is 0.123 e. The van der Waals surface area contributed by atoms with Crippen molar-refractivity contribution >= 4 is 0 Å². The average molecular weight is 222 g/mol. The Morgan fingerprint density at radius 1 is 1.44 bits per heavy atom. The van der Waals surface area contributed by atoms with Gasteiger partial charge >= 0.3 is 0 Å². The molecule has 2 nitrogen and oxygen atoms in total. The lowest BCUT2D eigenvalue weighted by Crippen LogP contribution is -2.56. The second kappa shape index (κ2) is 4.52. The predicted octanol–water partition coefficient (Wildman–Crippen LogP) is 2.01. The molecule has 1 aromatic rings. The van der Waals surface area contributed by atoms with E-state index < -0.39 is 0 Å². The third-order valence-corrected chi connectivity index (χ3v) is 2.95. The second-order valence-electron chi connectivity index (χ2n) is 5.15. The molecule has 1 saturated heterocycles. The number of halogens is 1. The standard InChI is InChI=1S/C13H19FN2/c1-13(2)10-16(7-6-15-13)9-11-4-3-5-12(14)8-11/h3-5,8,15H,6-7,9-10H2,1-2H3. The van der Waals surface area contributed by atoms with Gasteiger partial charge in [-0.3, -0.25) is 4.90 Å². The number of benzene rings is 1. The van der Waals surface area contributed by atoms with E-state index in [1.165, 1.54) is 6.07 Å². The number of nitrogens with one attached hydrogen (secondary N) is 1. The molecular weight excluding hydrogens is 203 g/mol. The summed E-state index contributed by atoms with van der Waals surface area (Å²) in [4.78, 5) is 2.37. The summed E-state index contributed by atoms with van der Waals surface area (Å²) in [6.45, 7) is 8.27. The highest BCUT2D eigenvalue weighted by atomic mass is 19.1. The maximum atomic E-state index is 13.0. The summed E-state index contributed by atoms with van der Waals surface area (Å²) in [5, 5.41) is 3.47. The molecule has 3 heteroatoms. The van der Waals surface area contributed by atoms with Crippen molar-refractivity contribution in [2.75, 3.05) is 19.6 Å². The van der Waals surface area contributed by atoms with Crippen LogP contribution in [0, 0.1) is 5.82 Å². The van der Waals surface area contributed by atoms with Crippen LogP contribution < -0.4 is 5.32 Å². The maximum absolute atomic E-state index is 13.0. The fourth-order valence-electron chi connectivity index (χ4n) is 2.27. The van der Waals surface area contributed by atoms with Gasteiger partial charge in [-0.25, -0.2) is 4.39 Å². The summed E-state index contributed by atoms with van der Waals surface area (Å²) >= 11 is 0. The molecule has 0 aromatic heterocycles. The Kier molecular flexibility index (Phi) is 3.26. The molecule has 2 rings (SSSR count). The first kappa shape index (κ1) is 11.6. The fourth-order valence-corrected chi connectivity index (χ4v) is 2.27. The highest BCUT2D eigenvalue weighted by Gasteiger charge is 2.25. The minimum atomic E-state index is -0.146. The van der Waals surface area contributed by atoms with E-state index in [-0.39, 0.29) is 11.4 Å². The Labute approximate surface area is 96.5 Å². The van der Waals surface area contributed by atoms with E-state index in [0.717, 1.165) is 31.7 Å². The Bertz CT molecular complexity index is 363. The molecule has 0 amide bonds. The molecule has 0 spiro atoms. The minimum absolute atomic E-state index is 0.146. The zero-order valence-electron chi connectivity index (χ0n) is 9.96. The predicted molar refractivity (Wildman–Crippen MR) is 63.8 cm³/mol. The van der Waals surface area contributed by atoms with Crippen LogP contribution in [-0.2, 0) is 6.54 Å². The van der Waals surface area contributed by atoms with Crippen LogP contribution in [0.15, 0.2) is 24.3 Å². The lowest BCUT2D eigenvalue weighted by molar-refractivity contribution is 0.148. The second-order valence-corrected chi connectivity index (χ2v) is 5.15. The Morgan fingerprint density at radius 3 is 2.94 bits per heavy atom. The lowest BCUT2D eigenvalue weighted by Gasteiger charge is -2.39. The van der Waals surface area contributed by atoms with Crippen molar-refractivity contribution in [2.45, 2.75) is 25.9 Å². The van der Waals surface area contributed by atoms with Gasteiger partial charge in [-0.1, -0.05) is 12.1 Å². The summed E-state index contributed by atoms with van der Waals surface area (Å²) in [7, 11) is 0. The highest BCUT2D eigenvalue weighted by molar-refractivity contribution is 5.16. The zero-order chi connectivity index (χ0) is 11.6. The number of nitrogens with zero attached hydrogens (tertiary/aromatic N) is 1. The van der Waals surface area contributed by atoms with Crippen LogP contribution in [0.5, 0.6) is 0 Å². The third kappa shape index (κ3) is 3.03. The first-order valence-corrected chi connectivity index (χ1v) is 5.77. The van der Waals surface area contributed by atoms with Crippen molar-refractivity contribution < 1.29 is 4.39 Å². The normalized spacial score (nSPS) is 20.9. The molecule has 1 aliphatic heterocycles. The molecule has 0 atom stereocenters. The number of hydrogen-bond donors (Lipinski definition) is 1. The van der Waals surface area contributed by atoms with Crippen molar-refractivity contribution in [3.05, 3.63) is 35.6 Å². The molecule has 16 heavy (non-hydrogen) atoms. The van der Waals surface area contributed by atoms with Crippen molar-refractivity contribution in [2.24, 2.45) is 0 Å². The van der Waals surface area contributed by atoms with Crippen LogP contribution in [0.3, 0.4) is 0 Å². The van der Waals surface area contributed by atoms with Gasteiger partial charge in [0.2, 0.25) is 0 Å². The molecule has 0 radical (unpaired) electrons. The summed E-state index contributed by atoms with van der Waals surface area (Å²) in [6, 6.07) is 6.87. The Morgan fingerprint density at radius 2 is 2.25 bits per heavy atom. The van der Waals surface area contributed by atoms with Crippen molar-refractivity contribution in [3.8, 4) is 0 Å². The van der Waals surface area contributed by atoms with E-state index in [0.29, 0.717) is 0 Å². The number of hydrogen-bond acceptors (Lipinski definition) is 2. The van der Waals surface area contributed by atoms with Gasteiger partial charge < -0.3 is 5.32 Å². The molecule has 0 saturated carbocycles. The first-order valence-electron chi connectivity index (χ1n) is 5.77. The van der Waals surface area contributed by atoms with E-state index in [1.54, 1.807) is 12.1 Å². The topological polar surface area (TPSA) is 15.3 Å². The molecule has 1 aromatic carbocycles. The minimum Gasteiger partial charge on any atom is -0.309 e. The molecule has 0 bridgehead atoms. The summed E-state index contributed by atoms with van der Waals surface area (Å²) in [5.74, 6) is -0.146. The van der Waals surface area contributed by atoms with Crippen molar-refractivity contribution in [3.63, 3.8) is 0 Å². The van der Waals surface area contributed by atoms with Gasteiger partial charge in [0.25, 0.3) is 0 Å². The monoisotopic (exact) mass is 222 g/mol. The van der Waals surface area contributed by atoms with Gasteiger partial charge in [0, 0.05) is 31.7 Å². The number of piperazine rings is 1. The molecule has 0 unspecified atom stereocenters. The van der Waals surface area contributed by atoms with Crippen LogP contribution in [-0.4, -0.2) is 30.1 Å². The molecule has 1 N–H and O–H groups in total. The van der Waals surface area contributed by atoms with E-state index >= 15 is 0 Å². The molecular formula is C13H19FN2. The molecule has 1 heterocycles. The van der Waals surface area contributed by atoms with E-state index in [4.69, 9.17) is 0 Å². The molecule has 88 valence electrons. The Hall–Kier alpha value is -0.930. The molecule has 1 aliphatic rings. The summed E-state index contributed by atoms with van der Waals surface area (Å²) in [6.07, 6.45) is 0. The lowest BCUT2D eigenvalue weighted by atomic mass is 10.0. The summed E-state index contributed by atoms with van der Waals surface area (Å²) < 4.78 is 13.0. The quantitative estimate of drug-likeness (QED) is 0.823. The fraction of sp³-hybridized carbons (Fsp3) is 0.538. The van der Waals surface area contributed by atoms with Crippen LogP contribution in [0.2, 0.25) is 0 Å². The average Bonchev–Trinajstić information content (AvgIpc) is 2.15. The Balaban J connectivity index is 1.99. The van der Waals surface area contributed by atoms with Gasteiger partial charge in [0.05, 0.1) is 0 Å². The van der Waals surface area contributed by atoms with Crippen LogP contribution in [0.1, 0.15) is 19.4 Å². The van der Waals surface area contributed by atoms with Gasteiger partial charge in [0.1, 0.15) is 5.82 Å².